The molecule has 0 radical (unpaired) electrons. The molecule has 2 fully saturated rings. The highest BCUT2D eigenvalue weighted by Gasteiger charge is 2.37. The van der Waals surface area contributed by atoms with Crippen molar-refractivity contribution in [2.75, 3.05) is 6.54 Å². The van der Waals surface area contributed by atoms with Crippen LogP contribution in [0.5, 0.6) is 0 Å². The fraction of sp³-hybridized carbons (Fsp3) is 0.611. The Balaban J connectivity index is 1.69. The van der Waals surface area contributed by atoms with Crippen molar-refractivity contribution in [3.8, 4) is 0 Å². The second-order valence-electron chi connectivity index (χ2n) is 7.05. The summed E-state index contributed by atoms with van der Waals surface area (Å²) < 4.78 is 5.52. The van der Waals surface area contributed by atoms with E-state index in [0.717, 1.165) is 67.7 Å². The minimum absolute atomic E-state index is 0.0127. The van der Waals surface area contributed by atoms with Crippen molar-refractivity contribution >= 4 is 5.91 Å². The Bertz CT molecular complexity index is 725. The van der Waals surface area contributed by atoms with Crippen molar-refractivity contribution in [1.29, 1.82) is 0 Å². The topological polar surface area (TPSA) is 75.0 Å². The summed E-state index contributed by atoms with van der Waals surface area (Å²) in [5.74, 6) is 0.843. The molecule has 1 N–H and O–H groups in total. The van der Waals surface area contributed by atoms with Crippen LogP contribution in [0.15, 0.2) is 10.8 Å². The Labute approximate surface area is 141 Å². The molecule has 1 aliphatic carbocycles. The summed E-state index contributed by atoms with van der Waals surface area (Å²) in [5, 5.41) is 7.40. The van der Waals surface area contributed by atoms with Crippen LogP contribution in [0.25, 0.3) is 0 Å². The summed E-state index contributed by atoms with van der Waals surface area (Å²) in [7, 11) is 0. The summed E-state index contributed by atoms with van der Waals surface area (Å²) in [6, 6.07) is 0.0657. The minimum Gasteiger partial charge on any atom is -0.438 e. The lowest BCUT2D eigenvalue weighted by molar-refractivity contribution is 0.0645. The monoisotopic (exact) mass is 328 g/mol. The second kappa shape index (κ2) is 6.07. The molecular weight excluding hydrogens is 304 g/mol. The van der Waals surface area contributed by atoms with Gasteiger partial charge in [-0.1, -0.05) is 12.8 Å². The predicted octanol–water partition coefficient (Wildman–Crippen LogP) is 3.65. The van der Waals surface area contributed by atoms with Gasteiger partial charge in [-0.2, -0.15) is 5.10 Å². The molecule has 2 aromatic heterocycles. The number of nitrogens with zero attached hydrogens (tertiary/aromatic N) is 3. The lowest BCUT2D eigenvalue weighted by Crippen LogP contribution is -2.35. The average Bonchev–Trinajstić information content (AvgIpc) is 3.28. The zero-order valence-electron chi connectivity index (χ0n) is 14.3. The van der Waals surface area contributed by atoms with Gasteiger partial charge in [0.05, 0.1) is 17.4 Å². The summed E-state index contributed by atoms with van der Waals surface area (Å²) in [4.78, 5) is 19.6. The first-order valence-electron chi connectivity index (χ1n) is 8.92. The summed E-state index contributed by atoms with van der Waals surface area (Å²) >= 11 is 0. The molecular formula is C18H24N4O2. The molecule has 24 heavy (non-hydrogen) atoms. The first kappa shape index (κ1) is 15.4. The van der Waals surface area contributed by atoms with Gasteiger partial charge in [-0.15, -0.1) is 0 Å². The Hall–Kier alpha value is -2.11. The van der Waals surface area contributed by atoms with E-state index < -0.39 is 0 Å². The van der Waals surface area contributed by atoms with E-state index in [-0.39, 0.29) is 11.9 Å². The third kappa shape index (κ3) is 2.64. The molecule has 1 unspecified atom stereocenters. The molecule has 0 bridgehead atoms. The Kier molecular flexibility index (Phi) is 3.90. The van der Waals surface area contributed by atoms with E-state index in [4.69, 9.17) is 4.42 Å². The van der Waals surface area contributed by atoms with E-state index in [1.807, 2.05) is 18.7 Å². The second-order valence-corrected chi connectivity index (χ2v) is 7.05. The first-order valence-corrected chi connectivity index (χ1v) is 8.92. The minimum atomic E-state index is -0.0127. The van der Waals surface area contributed by atoms with Gasteiger partial charge < -0.3 is 9.32 Å². The molecule has 1 saturated heterocycles. The van der Waals surface area contributed by atoms with Gasteiger partial charge in [0.1, 0.15) is 0 Å². The van der Waals surface area contributed by atoms with Gasteiger partial charge in [-0.25, -0.2) is 4.98 Å². The van der Waals surface area contributed by atoms with Gasteiger partial charge in [0.15, 0.2) is 6.39 Å². The molecule has 1 saturated carbocycles. The largest absolute Gasteiger partial charge is 0.438 e. The SMILES string of the molecule is Cc1n[nH]c(C)c1C1CCCCCN1C(=O)c1ocnc1C1CC1. The van der Waals surface area contributed by atoms with Crippen molar-refractivity contribution < 1.29 is 9.21 Å². The molecule has 3 heterocycles. The third-order valence-corrected chi connectivity index (χ3v) is 5.29. The first-order chi connectivity index (χ1) is 11.7. The average molecular weight is 328 g/mol. The number of aromatic nitrogens is 3. The predicted molar refractivity (Wildman–Crippen MR) is 88.8 cm³/mol. The van der Waals surface area contributed by atoms with Crippen LogP contribution in [0.1, 0.15) is 83.7 Å². The maximum Gasteiger partial charge on any atom is 0.292 e. The molecule has 4 rings (SSSR count). The van der Waals surface area contributed by atoms with Crippen LogP contribution in [0, 0.1) is 13.8 Å². The number of H-pyrrole nitrogens is 1. The number of nitrogens with one attached hydrogen (secondary N) is 1. The van der Waals surface area contributed by atoms with Gasteiger partial charge in [0.2, 0.25) is 5.76 Å². The van der Waals surface area contributed by atoms with E-state index in [9.17, 15) is 4.79 Å². The van der Waals surface area contributed by atoms with Crippen LogP contribution in [-0.2, 0) is 0 Å². The molecule has 1 atom stereocenters. The molecule has 2 aliphatic rings. The molecule has 0 aromatic carbocycles. The lowest BCUT2D eigenvalue weighted by Gasteiger charge is -2.30. The number of hydrogen-bond acceptors (Lipinski definition) is 4. The van der Waals surface area contributed by atoms with Gasteiger partial charge >= 0.3 is 0 Å². The van der Waals surface area contributed by atoms with E-state index in [2.05, 4.69) is 15.2 Å². The van der Waals surface area contributed by atoms with E-state index >= 15 is 0 Å². The fourth-order valence-corrected chi connectivity index (χ4v) is 3.89. The highest BCUT2D eigenvalue weighted by molar-refractivity contribution is 5.93. The molecule has 0 spiro atoms. The maximum absolute atomic E-state index is 13.3. The third-order valence-electron chi connectivity index (χ3n) is 5.29. The zero-order valence-corrected chi connectivity index (χ0v) is 14.3. The summed E-state index contributed by atoms with van der Waals surface area (Å²) in [5.41, 5.74) is 4.05. The van der Waals surface area contributed by atoms with Crippen LogP contribution in [0.3, 0.4) is 0 Å². The highest BCUT2D eigenvalue weighted by atomic mass is 16.3. The van der Waals surface area contributed by atoms with Gasteiger partial charge in [0, 0.05) is 23.7 Å². The van der Waals surface area contributed by atoms with Crippen LogP contribution < -0.4 is 0 Å². The zero-order chi connectivity index (χ0) is 16.7. The van der Waals surface area contributed by atoms with Gasteiger partial charge in [0.25, 0.3) is 5.91 Å². The number of rotatable bonds is 3. The van der Waals surface area contributed by atoms with Crippen LogP contribution in [-0.4, -0.2) is 32.5 Å². The molecule has 1 aliphatic heterocycles. The van der Waals surface area contributed by atoms with E-state index in [1.165, 1.54) is 6.39 Å². The van der Waals surface area contributed by atoms with Gasteiger partial charge in [-0.05, 0) is 39.5 Å². The van der Waals surface area contributed by atoms with Gasteiger partial charge in [-0.3, -0.25) is 9.89 Å². The summed E-state index contributed by atoms with van der Waals surface area (Å²) in [6.07, 6.45) is 7.92. The number of aromatic amines is 1. The van der Waals surface area contributed by atoms with Crippen molar-refractivity contribution in [1.82, 2.24) is 20.1 Å². The molecule has 6 nitrogen and oxygen atoms in total. The van der Waals surface area contributed by atoms with Crippen LogP contribution in [0.2, 0.25) is 0 Å². The number of hydrogen-bond donors (Lipinski definition) is 1. The Morgan fingerprint density at radius 3 is 2.79 bits per heavy atom. The molecule has 6 heteroatoms. The van der Waals surface area contributed by atoms with Crippen molar-refractivity contribution in [3.05, 3.63) is 34.8 Å². The van der Waals surface area contributed by atoms with Crippen LogP contribution >= 0.6 is 0 Å². The Morgan fingerprint density at radius 2 is 2.08 bits per heavy atom. The van der Waals surface area contributed by atoms with E-state index in [0.29, 0.717) is 11.7 Å². The molecule has 128 valence electrons. The number of amides is 1. The smallest absolute Gasteiger partial charge is 0.292 e. The maximum atomic E-state index is 13.3. The standard InChI is InChI=1S/C18H24N4O2/c1-11-15(12(2)21-20-11)14-6-4-3-5-9-22(14)18(23)17-16(13-7-8-13)19-10-24-17/h10,13-14H,3-9H2,1-2H3,(H,20,21). The normalized spacial score (nSPS) is 21.8. The highest BCUT2D eigenvalue weighted by Crippen LogP contribution is 2.42. The molecule has 1 amide bonds. The number of likely N-dealkylation sites (tertiary alicyclic amines) is 1. The quantitative estimate of drug-likeness (QED) is 0.933. The lowest BCUT2D eigenvalue weighted by atomic mass is 9.98. The number of carbonyl (C=O) groups is 1. The number of oxazole rings is 1. The number of carbonyl (C=O) groups excluding carboxylic acids is 1. The fourth-order valence-electron chi connectivity index (χ4n) is 3.89. The number of aryl methyl sites for hydroxylation is 2. The van der Waals surface area contributed by atoms with E-state index in [1.54, 1.807) is 0 Å². The Morgan fingerprint density at radius 1 is 1.25 bits per heavy atom. The van der Waals surface area contributed by atoms with Crippen molar-refractivity contribution in [2.24, 2.45) is 0 Å². The van der Waals surface area contributed by atoms with Crippen molar-refractivity contribution in [2.45, 2.75) is 64.3 Å². The van der Waals surface area contributed by atoms with Crippen molar-refractivity contribution in [3.63, 3.8) is 0 Å². The van der Waals surface area contributed by atoms with Crippen LogP contribution in [0.4, 0.5) is 0 Å². The molecule has 2 aromatic rings. The summed E-state index contributed by atoms with van der Waals surface area (Å²) in [6.45, 7) is 4.81.